The minimum Gasteiger partial charge on any atom is -0.342 e. The first-order valence-electron chi connectivity index (χ1n) is 7.37. The number of hydrogen-bond donors (Lipinski definition) is 1. The zero-order valence-corrected chi connectivity index (χ0v) is 15.1. The Morgan fingerprint density at radius 2 is 2.09 bits per heavy atom. The maximum absolute atomic E-state index is 12.1. The number of piperidine rings is 1. The first-order valence-corrected chi connectivity index (χ1v) is 7.37. The molecule has 0 saturated carbocycles. The molecule has 22 heavy (non-hydrogen) atoms. The van der Waals surface area contributed by atoms with Crippen LogP contribution >= 0.6 is 24.8 Å². The summed E-state index contributed by atoms with van der Waals surface area (Å²) in [5.41, 5.74) is 5.71. The summed E-state index contributed by atoms with van der Waals surface area (Å²) in [4.78, 5) is 18.4. The fourth-order valence-corrected chi connectivity index (χ4v) is 2.82. The zero-order valence-electron chi connectivity index (χ0n) is 13.5. The Balaban J connectivity index is 0.00000220. The predicted molar refractivity (Wildman–Crippen MR) is 91.6 cm³/mol. The Kier molecular flexibility index (Phi) is 8.96. The topological polar surface area (TPSA) is 77.0 Å². The number of hydrogen-bond acceptors (Lipinski definition) is 4. The molecule has 0 bridgehead atoms. The van der Waals surface area contributed by atoms with Gasteiger partial charge >= 0.3 is 0 Å². The van der Waals surface area contributed by atoms with Crippen molar-refractivity contribution in [3.63, 3.8) is 0 Å². The molecule has 1 aliphatic heterocycles. The van der Waals surface area contributed by atoms with Crippen LogP contribution in [0.5, 0.6) is 0 Å². The van der Waals surface area contributed by atoms with E-state index in [1.165, 1.54) is 0 Å². The summed E-state index contributed by atoms with van der Waals surface area (Å²) in [7, 11) is 0. The fraction of sp³-hybridized carbons (Fsp3) is 0.786. The van der Waals surface area contributed by atoms with E-state index >= 15 is 0 Å². The van der Waals surface area contributed by atoms with Crippen LogP contribution in [0.1, 0.15) is 37.8 Å². The summed E-state index contributed by atoms with van der Waals surface area (Å²) in [5.74, 6) is 2.39. The summed E-state index contributed by atoms with van der Waals surface area (Å²) in [6.45, 7) is 8.27. The molecule has 0 spiro atoms. The van der Waals surface area contributed by atoms with E-state index in [-0.39, 0.29) is 36.8 Å². The normalized spacial score (nSPS) is 19.1. The van der Waals surface area contributed by atoms with Gasteiger partial charge in [0.2, 0.25) is 5.91 Å². The minimum atomic E-state index is -0.0666. The van der Waals surface area contributed by atoms with E-state index in [1.54, 1.807) is 0 Å². The number of nitrogens with two attached hydrogens (primary N) is 1. The van der Waals surface area contributed by atoms with Crippen LogP contribution in [0.15, 0.2) is 0 Å². The highest BCUT2D eigenvalue weighted by atomic mass is 35.5. The minimum absolute atomic E-state index is 0. The highest BCUT2D eigenvalue weighted by Gasteiger charge is 2.24. The second-order valence-electron chi connectivity index (χ2n) is 5.92. The Morgan fingerprint density at radius 3 is 2.64 bits per heavy atom. The van der Waals surface area contributed by atoms with Crippen LogP contribution in [-0.2, 0) is 11.3 Å². The van der Waals surface area contributed by atoms with Crippen molar-refractivity contribution in [2.75, 3.05) is 13.1 Å². The number of likely N-dealkylation sites (tertiary alicyclic amines) is 1. The van der Waals surface area contributed by atoms with Crippen molar-refractivity contribution in [2.24, 2.45) is 11.7 Å². The number of carbonyl (C=O) groups is 1. The lowest BCUT2D eigenvalue weighted by Crippen LogP contribution is -2.42. The quantitative estimate of drug-likeness (QED) is 0.895. The molecule has 6 nitrogen and oxygen atoms in total. The Bertz CT molecular complexity index is 478. The molecule has 1 saturated heterocycles. The lowest BCUT2D eigenvalue weighted by molar-refractivity contribution is -0.133. The van der Waals surface area contributed by atoms with Gasteiger partial charge in [-0.15, -0.1) is 24.8 Å². The van der Waals surface area contributed by atoms with Gasteiger partial charge in [0.25, 0.3) is 0 Å². The van der Waals surface area contributed by atoms with Gasteiger partial charge in [-0.2, -0.15) is 5.10 Å². The number of halogens is 2. The van der Waals surface area contributed by atoms with Gasteiger partial charge in [-0.05, 0) is 39.5 Å². The van der Waals surface area contributed by atoms with Gasteiger partial charge in [0.15, 0.2) is 0 Å². The van der Waals surface area contributed by atoms with E-state index in [4.69, 9.17) is 5.73 Å². The lowest BCUT2D eigenvalue weighted by Gasteiger charge is -2.33. The molecular weight excluding hydrogens is 325 g/mol. The summed E-state index contributed by atoms with van der Waals surface area (Å²) in [6, 6.07) is -0.0666. The van der Waals surface area contributed by atoms with Crippen molar-refractivity contribution in [3.8, 4) is 0 Å². The third-order valence-corrected chi connectivity index (χ3v) is 3.76. The first kappa shape index (κ1) is 21.1. The second-order valence-corrected chi connectivity index (χ2v) is 5.92. The molecule has 8 heteroatoms. The van der Waals surface area contributed by atoms with E-state index in [2.05, 4.69) is 10.1 Å². The molecule has 2 heterocycles. The van der Waals surface area contributed by atoms with Crippen LogP contribution in [0.3, 0.4) is 0 Å². The monoisotopic (exact) mass is 351 g/mol. The van der Waals surface area contributed by atoms with E-state index < -0.39 is 0 Å². The smallest absolute Gasteiger partial charge is 0.224 e. The highest BCUT2D eigenvalue weighted by Crippen LogP contribution is 2.19. The molecular formula is C14H27Cl2N5O. The molecule has 1 aromatic heterocycles. The van der Waals surface area contributed by atoms with Crippen molar-refractivity contribution in [2.45, 2.75) is 52.6 Å². The molecule has 0 radical (unpaired) electrons. The summed E-state index contributed by atoms with van der Waals surface area (Å²) in [5, 5.41) is 4.40. The molecule has 2 unspecified atom stereocenters. The lowest BCUT2D eigenvalue weighted by atomic mass is 9.97. The van der Waals surface area contributed by atoms with Gasteiger partial charge in [-0.1, -0.05) is 0 Å². The van der Waals surface area contributed by atoms with Crippen molar-refractivity contribution in [3.05, 3.63) is 11.6 Å². The van der Waals surface area contributed by atoms with E-state index in [0.717, 1.165) is 44.1 Å². The Morgan fingerprint density at radius 1 is 1.41 bits per heavy atom. The molecule has 1 amide bonds. The van der Waals surface area contributed by atoms with Crippen LogP contribution in [-0.4, -0.2) is 44.7 Å². The van der Waals surface area contributed by atoms with Gasteiger partial charge in [-0.3, -0.25) is 4.79 Å². The summed E-state index contributed by atoms with van der Waals surface area (Å²) < 4.78 is 1.96. The maximum atomic E-state index is 12.1. The predicted octanol–water partition coefficient (Wildman–Crippen LogP) is 1.71. The van der Waals surface area contributed by atoms with Gasteiger partial charge in [0.05, 0.1) is 0 Å². The summed E-state index contributed by atoms with van der Waals surface area (Å²) >= 11 is 0. The van der Waals surface area contributed by atoms with E-state index in [0.29, 0.717) is 12.3 Å². The Labute approximate surface area is 144 Å². The van der Waals surface area contributed by atoms with E-state index in [9.17, 15) is 4.79 Å². The maximum Gasteiger partial charge on any atom is 0.224 e. The standard InChI is InChI=1S/C14H25N5O.2ClH/c1-10(15)7-14(20)18-6-4-5-13(8-18)9-19-12(3)16-11(2)17-19;;/h10,13H,4-9,15H2,1-3H3;2*1H. The van der Waals surface area contributed by atoms with Gasteiger partial charge in [-0.25, -0.2) is 9.67 Å². The number of carbonyl (C=O) groups excluding carboxylic acids is 1. The van der Waals surface area contributed by atoms with Crippen molar-refractivity contribution in [1.29, 1.82) is 0 Å². The number of aryl methyl sites for hydroxylation is 2. The van der Waals surface area contributed by atoms with Crippen LogP contribution < -0.4 is 5.73 Å². The molecule has 0 aromatic carbocycles. The third kappa shape index (κ3) is 5.74. The van der Waals surface area contributed by atoms with Crippen molar-refractivity contribution >= 4 is 30.7 Å². The highest BCUT2D eigenvalue weighted by molar-refractivity contribution is 5.85. The molecule has 1 fully saturated rings. The molecule has 1 aliphatic rings. The van der Waals surface area contributed by atoms with Crippen LogP contribution in [0, 0.1) is 19.8 Å². The zero-order chi connectivity index (χ0) is 14.7. The summed E-state index contributed by atoms with van der Waals surface area (Å²) in [6.07, 6.45) is 2.64. The van der Waals surface area contributed by atoms with Crippen molar-refractivity contribution < 1.29 is 4.79 Å². The largest absolute Gasteiger partial charge is 0.342 e. The average Bonchev–Trinajstić information content (AvgIpc) is 2.67. The van der Waals surface area contributed by atoms with E-state index in [1.807, 2.05) is 30.4 Å². The molecule has 1 aromatic rings. The number of aromatic nitrogens is 3. The SMILES string of the molecule is Cc1nc(C)n(CC2CCCN(C(=O)CC(C)N)C2)n1.Cl.Cl. The molecule has 0 aliphatic carbocycles. The molecule has 2 atom stereocenters. The average molecular weight is 352 g/mol. The van der Waals surface area contributed by atoms with Gasteiger partial charge in [0, 0.05) is 32.1 Å². The fourth-order valence-electron chi connectivity index (χ4n) is 2.82. The number of amides is 1. The molecule has 2 rings (SSSR count). The van der Waals surface area contributed by atoms with Crippen molar-refractivity contribution in [1.82, 2.24) is 19.7 Å². The Hall–Kier alpha value is -0.850. The third-order valence-electron chi connectivity index (χ3n) is 3.76. The first-order chi connectivity index (χ1) is 9.45. The van der Waals surface area contributed by atoms with Crippen LogP contribution in [0.25, 0.3) is 0 Å². The molecule has 128 valence electrons. The second kappa shape index (κ2) is 9.33. The number of nitrogens with zero attached hydrogens (tertiary/aromatic N) is 4. The molecule has 2 N–H and O–H groups in total. The number of rotatable bonds is 4. The van der Waals surface area contributed by atoms with Gasteiger partial charge in [0.1, 0.15) is 11.6 Å². The van der Waals surface area contributed by atoms with Gasteiger partial charge < -0.3 is 10.6 Å². The van der Waals surface area contributed by atoms with Crippen LogP contribution in [0.4, 0.5) is 0 Å². The van der Waals surface area contributed by atoms with Crippen LogP contribution in [0.2, 0.25) is 0 Å².